The van der Waals surface area contributed by atoms with Crippen LogP contribution in [0.2, 0.25) is 0 Å². The van der Waals surface area contributed by atoms with Gasteiger partial charge in [0.1, 0.15) is 0 Å². The van der Waals surface area contributed by atoms with E-state index >= 15 is 0 Å². The van der Waals surface area contributed by atoms with Gasteiger partial charge >= 0.3 is 12.1 Å². The molecule has 0 bridgehead atoms. The summed E-state index contributed by atoms with van der Waals surface area (Å²) in [6.45, 7) is 0. The predicted molar refractivity (Wildman–Crippen MR) is 134 cm³/mol. The number of carbonyl (C=O) groups excluding carboxylic acids is 1. The van der Waals surface area contributed by atoms with Crippen molar-refractivity contribution in [2.45, 2.75) is 36.8 Å². The number of alkyl halides is 3. The minimum absolute atomic E-state index is 0.242. The average molecular weight is 505 g/mol. The first-order valence-corrected chi connectivity index (χ1v) is 12.0. The van der Waals surface area contributed by atoms with Crippen LogP contribution in [0.25, 0.3) is 32.3 Å². The Balaban J connectivity index is 1.50. The van der Waals surface area contributed by atoms with Crippen molar-refractivity contribution in [2.24, 2.45) is 0 Å². The van der Waals surface area contributed by atoms with E-state index in [1.165, 1.54) is 24.3 Å². The van der Waals surface area contributed by atoms with Gasteiger partial charge in [0.05, 0.1) is 6.10 Å². The summed E-state index contributed by atoms with van der Waals surface area (Å²) in [4.78, 5) is 13.4. The van der Waals surface area contributed by atoms with E-state index in [0.717, 1.165) is 45.0 Å². The summed E-state index contributed by atoms with van der Waals surface area (Å²) >= 11 is 0. The molecule has 0 aliphatic heterocycles. The zero-order valence-corrected chi connectivity index (χ0v) is 19.9. The van der Waals surface area contributed by atoms with Crippen LogP contribution in [0.15, 0.2) is 78.9 Å². The van der Waals surface area contributed by atoms with Gasteiger partial charge in [0, 0.05) is 12.7 Å². The highest BCUT2D eigenvalue weighted by Crippen LogP contribution is 2.47. The molecule has 0 saturated carbocycles. The number of carbonyl (C=O) groups is 1. The normalized spacial score (nSPS) is 19.7. The molecule has 1 aliphatic carbocycles. The van der Waals surface area contributed by atoms with Crippen molar-refractivity contribution in [1.29, 1.82) is 0 Å². The average Bonchev–Trinajstić information content (AvgIpc) is 2.89. The largest absolute Gasteiger partial charge is 0.452 e. The van der Waals surface area contributed by atoms with E-state index in [9.17, 15) is 23.1 Å². The molecule has 0 spiro atoms. The number of hydrogen-bond acceptors (Lipinski definition) is 4. The first-order chi connectivity index (χ1) is 17.8. The maximum atomic E-state index is 14.4. The number of ether oxygens (including phenoxy) is 2. The minimum atomic E-state index is -5.10. The monoisotopic (exact) mass is 504 g/mol. The maximum Gasteiger partial charge on any atom is 0.432 e. The lowest BCUT2D eigenvalue weighted by Gasteiger charge is -2.36. The van der Waals surface area contributed by atoms with Gasteiger partial charge in [0.15, 0.2) is 6.10 Å². The molecular weight excluding hydrogens is 481 g/mol. The second-order valence-corrected chi connectivity index (χ2v) is 9.48. The molecule has 0 unspecified atom stereocenters. The highest BCUT2D eigenvalue weighted by atomic mass is 19.4. The molecule has 7 heteroatoms. The Morgan fingerprint density at radius 3 is 2.24 bits per heavy atom. The van der Waals surface area contributed by atoms with E-state index in [2.05, 4.69) is 0 Å². The fourth-order valence-corrected chi connectivity index (χ4v) is 5.80. The minimum Gasteiger partial charge on any atom is -0.452 e. The number of aliphatic hydroxyl groups excluding tert-OH is 1. The summed E-state index contributed by atoms with van der Waals surface area (Å²) in [6.07, 6.45) is -6.80. The maximum absolute atomic E-state index is 14.4. The van der Waals surface area contributed by atoms with Crippen LogP contribution in [0.4, 0.5) is 13.2 Å². The zero-order valence-electron chi connectivity index (χ0n) is 19.9. The van der Waals surface area contributed by atoms with Crippen molar-refractivity contribution < 1.29 is 32.5 Å². The van der Waals surface area contributed by atoms with E-state index in [4.69, 9.17) is 9.47 Å². The van der Waals surface area contributed by atoms with Gasteiger partial charge in [-0.25, -0.2) is 4.79 Å². The van der Waals surface area contributed by atoms with Gasteiger partial charge in [-0.1, -0.05) is 72.8 Å². The summed E-state index contributed by atoms with van der Waals surface area (Å²) in [5.41, 5.74) is -2.35. The lowest BCUT2D eigenvalue weighted by molar-refractivity contribution is -0.280. The molecule has 1 N–H and O–H groups in total. The van der Waals surface area contributed by atoms with Gasteiger partial charge < -0.3 is 14.6 Å². The zero-order chi connectivity index (χ0) is 25.9. The van der Waals surface area contributed by atoms with Gasteiger partial charge in [-0.2, -0.15) is 13.2 Å². The SMILES string of the molecule is CO[C@](C(=O)O[C@@H]1c2cc3ccc4cccc5ccc(c2CC[C@H]1O)c3c45)(c1ccccc1)C(F)(F)F. The number of rotatable bonds is 4. The molecular formula is C30H23F3O4. The number of hydrogen-bond donors (Lipinski definition) is 1. The van der Waals surface area contributed by atoms with Crippen LogP contribution in [0, 0.1) is 0 Å². The van der Waals surface area contributed by atoms with Crippen LogP contribution >= 0.6 is 0 Å². The highest BCUT2D eigenvalue weighted by molar-refractivity contribution is 6.23. The van der Waals surface area contributed by atoms with Gasteiger partial charge in [-0.15, -0.1) is 0 Å². The molecule has 6 rings (SSSR count). The number of esters is 1. The Labute approximate surface area is 210 Å². The van der Waals surface area contributed by atoms with E-state index in [1.807, 2.05) is 48.5 Å². The number of aliphatic hydroxyl groups is 1. The predicted octanol–water partition coefficient (Wildman–Crippen LogP) is 6.58. The van der Waals surface area contributed by atoms with Crippen molar-refractivity contribution in [2.75, 3.05) is 7.11 Å². The van der Waals surface area contributed by atoms with Crippen molar-refractivity contribution in [3.63, 3.8) is 0 Å². The smallest absolute Gasteiger partial charge is 0.432 e. The molecule has 0 aromatic heterocycles. The standard InChI is InChI=1S/C30H23F3O4/c1-36-29(30(31,32)33,20-8-3-2-4-9-20)28(35)37-27-23-16-19-11-10-17-6-5-7-18-12-13-22(26(19)25(17)18)21(23)14-15-24(27)34/h2-13,16,24,27,34H,14-15H2,1H3/t24-,27-,29+/m1/s1. The molecule has 4 nitrogen and oxygen atoms in total. The molecule has 0 heterocycles. The lowest BCUT2D eigenvalue weighted by atomic mass is 9.81. The first kappa shape index (κ1) is 23.7. The fraction of sp³-hybridized carbons (Fsp3) is 0.233. The molecule has 5 aromatic rings. The second kappa shape index (κ2) is 8.43. The Morgan fingerprint density at radius 1 is 0.892 bits per heavy atom. The molecule has 188 valence electrons. The molecule has 0 amide bonds. The topological polar surface area (TPSA) is 55.8 Å². The summed E-state index contributed by atoms with van der Waals surface area (Å²) in [6, 6.07) is 22.6. The fourth-order valence-electron chi connectivity index (χ4n) is 5.80. The summed E-state index contributed by atoms with van der Waals surface area (Å²) in [7, 11) is 0.831. The van der Waals surface area contributed by atoms with E-state index < -0.39 is 35.5 Å². The third-order valence-corrected chi connectivity index (χ3v) is 7.55. The van der Waals surface area contributed by atoms with Crippen molar-refractivity contribution in [3.05, 3.63) is 95.6 Å². The molecule has 0 fully saturated rings. The van der Waals surface area contributed by atoms with Gasteiger partial charge in [-0.05, 0) is 62.4 Å². The molecule has 3 atom stereocenters. The van der Waals surface area contributed by atoms with Crippen LogP contribution in [-0.2, 0) is 26.3 Å². The molecule has 0 saturated heterocycles. The van der Waals surface area contributed by atoms with Gasteiger partial charge in [0.25, 0.3) is 5.60 Å². The Kier molecular flexibility index (Phi) is 5.40. The second-order valence-electron chi connectivity index (χ2n) is 9.48. The number of halogens is 3. The summed E-state index contributed by atoms with van der Waals surface area (Å²) in [5, 5.41) is 17.0. The van der Waals surface area contributed by atoms with Crippen LogP contribution in [-0.4, -0.2) is 30.5 Å². The van der Waals surface area contributed by atoms with Gasteiger partial charge in [0.2, 0.25) is 0 Å². The quantitative estimate of drug-likeness (QED) is 0.222. The summed E-state index contributed by atoms with van der Waals surface area (Å²) in [5.74, 6) is -1.62. The third kappa shape index (κ3) is 3.41. The number of methoxy groups -OCH3 is 1. The van der Waals surface area contributed by atoms with Crippen molar-refractivity contribution in [3.8, 4) is 0 Å². The number of fused-ring (bicyclic) bond motifs is 2. The molecule has 37 heavy (non-hydrogen) atoms. The first-order valence-electron chi connectivity index (χ1n) is 12.0. The Morgan fingerprint density at radius 2 is 1.57 bits per heavy atom. The van der Waals surface area contributed by atoms with Crippen LogP contribution in [0.5, 0.6) is 0 Å². The highest BCUT2D eigenvalue weighted by Gasteiger charge is 2.64. The summed E-state index contributed by atoms with van der Waals surface area (Å²) < 4.78 is 53.8. The van der Waals surface area contributed by atoms with Crippen molar-refractivity contribution in [1.82, 2.24) is 0 Å². The Bertz CT molecular complexity index is 1610. The molecule has 1 aliphatic rings. The van der Waals surface area contributed by atoms with Crippen LogP contribution < -0.4 is 0 Å². The van der Waals surface area contributed by atoms with Crippen LogP contribution in [0.1, 0.15) is 29.2 Å². The Hall–Kier alpha value is -3.68. The van der Waals surface area contributed by atoms with E-state index in [-0.39, 0.29) is 6.42 Å². The molecule has 5 aromatic carbocycles. The van der Waals surface area contributed by atoms with E-state index in [1.54, 1.807) is 6.07 Å². The number of aryl methyl sites for hydroxylation is 1. The third-order valence-electron chi connectivity index (χ3n) is 7.55. The number of benzene rings is 5. The molecule has 0 radical (unpaired) electrons. The lowest BCUT2D eigenvalue weighted by Crippen LogP contribution is -2.52. The van der Waals surface area contributed by atoms with E-state index in [0.29, 0.717) is 12.0 Å². The van der Waals surface area contributed by atoms with Crippen LogP contribution in [0.3, 0.4) is 0 Å². The van der Waals surface area contributed by atoms with Crippen molar-refractivity contribution >= 4 is 38.3 Å². The van der Waals surface area contributed by atoms with Gasteiger partial charge in [-0.3, -0.25) is 0 Å².